The minimum atomic E-state index is -6.02. The Morgan fingerprint density at radius 2 is 1.09 bits per heavy atom. The van der Waals surface area contributed by atoms with Crippen molar-refractivity contribution in [3.05, 3.63) is 0 Å². The van der Waals surface area contributed by atoms with Crippen molar-refractivity contribution in [1.82, 2.24) is 12.3 Å². The molecule has 72 valence electrons. The Balaban J connectivity index is -0.0000000383. The summed E-state index contributed by atoms with van der Waals surface area (Å²) in [6.07, 6.45) is 0. The molecule has 9 N–H and O–H groups in total. The summed E-state index contributed by atoms with van der Waals surface area (Å²) >= 11 is -9.71. The van der Waals surface area contributed by atoms with Gasteiger partial charge in [0.2, 0.25) is 0 Å². The van der Waals surface area contributed by atoms with E-state index in [4.69, 9.17) is 25.7 Å². The Bertz CT molecular complexity index is 197. The number of hydrogen-bond acceptors (Lipinski definition) is 6. The van der Waals surface area contributed by atoms with E-state index in [1.54, 1.807) is 0 Å². The van der Waals surface area contributed by atoms with Gasteiger partial charge < -0.3 is 12.3 Å². The first-order valence-corrected chi connectivity index (χ1v) is 6.27. The molecule has 0 fully saturated rings. The summed E-state index contributed by atoms with van der Waals surface area (Å²) in [5.74, 6) is 0. The monoisotopic (exact) mass is 298 g/mol. The molecule has 11 heteroatoms. The zero-order valence-electron chi connectivity index (χ0n) is 5.75. The van der Waals surface area contributed by atoms with Gasteiger partial charge in [0.15, 0.2) is 0 Å². The molecule has 0 radical (unpaired) electrons. The predicted octanol–water partition coefficient (Wildman–Crippen LogP) is -2.66. The topological polar surface area (TPSA) is 208 Å². The van der Waals surface area contributed by atoms with Gasteiger partial charge in [-0.15, -0.1) is 0 Å². The van der Waals surface area contributed by atoms with E-state index in [0.29, 0.717) is 0 Å². The van der Waals surface area contributed by atoms with Crippen molar-refractivity contribution >= 4 is 0 Å². The van der Waals surface area contributed by atoms with Gasteiger partial charge in [0.05, 0.1) is 0 Å². The van der Waals surface area contributed by atoms with Crippen molar-refractivity contribution in [3.8, 4) is 0 Å². The fourth-order valence-corrected chi connectivity index (χ4v) is 0. The number of quaternary nitrogens is 2. The van der Waals surface area contributed by atoms with Crippen LogP contribution >= 0.6 is 0 Å². The van der Waals surface area contributed by atoms with Crippen LogP contribution < -0.4 is 19.8 Å². The van der Waals surface area contributed by atoms with Crippen molar-refractivity contribution in [2.24, 2.45) is 0 Å². The third-order valence-electron chi connectivity index (χ3n) is 0. The Kier molecular flexibility index (Phi) is 21.0. The third kappa shape index (κ3) is 9450. The van der Waals surface area contributed by atoms with E-state index in [0.717, 1.165) is 0 Å². The Morgan fingerprint density at radius 3 is 1.09 bits per heavy atom. The van der Waals surface area contributed by atoms with Crippen LogP contribution in [0.15, 0.2) is 0 Å². The van der Waals surface area contributed by atoms with E-state index in [2.05, 4.69) is 0 Å². The number of rotatable bonds is 0. The normalized spacial score (nSPS) is 7.55. The fourth-order valence-electron chi connectivity index (χ4n) is 0. The first kappa shape index (κ1) is 22.5. The van der Waals surface area contributed by atoms with Gasteiger partial charge in [0.1, 0.15) is 0 Å². The summed E-state index contributed by atoms with van der Waals surface area (Å²) in [6.45, 7) is 0. The molecule has 0 bridgehead atoms. The van der Waals surface area contributed by atoms with Crippen LogP contribution in [0.4, 0.5) is 0 Å². The molecule has 0 amide bonds. The molecule has 0 rings (SSSR count). The molecular weight excluding hydrogens is 287 g/mol. The molecular formula is H9MoN2O7V. The van der Waals surface area contributed by atoms with E-state index >= 15 is 0 Å². The molecule has 0 aromatic carbocycles. The Labute approximate surface area is 70.3 Å². The molecule has 0 aliphatic carbocycles. The van der Waals surface area contributed by atoms with Crippen LogP contribution in [0, 0.1) is 0 Å². The summed E-state index contributed by atoms with van der Waals surface area (Å²) in [5, 5.41) is 0. The van der Waals surface area contributed by atoms with Crippen LogP contribution in [0.5, 0.6) is 0 Å². The van der Waals surface area contributed by atoms with Crippen molar-refractivity contribution < 1.29 is 57.8 Å². The van der Waals surface area contributed by atoms with Crippen LogP contribution in [0.25, 0.3) is 0 Å². The standard InChI is InChI=1S/Mo.2H3N.H2O.6O.V/h;2*1H3;1H2;;;;;;;/q;;;;;;;;2*-1;+1/p+1. The van der Waals surface area contributed by atoms with Crippen LogP contribution in [-0.2, 0) is 46.3 Å². The Morgan fingerprint density at radius 1 is 1.09 bits per heavy atom. The van der Waals surface area contributed by atoms with Crippen molar-refractivity contribution in [2.45, 2.75) is 0 Å². The molecule has 0 saturated carbocycles. The van der Waals surface area contributed by atoms with E-state index in [1.165, 1.54) is 0 Å². The summed E-state index contributed by atoms with van der Waals surface area (Å²) in [7, 11) is 0. The van der Waals surface area contributed by atoms with Gasteiger partial charge in [-0.2, -0.15) is 0 Å². The van der Waals surface area contributed by atoms with Gasteiger partial charge in [-0.25, -0.2) is 0 Å². The molecule has 9 nitrogen and oxygen atoms in total. The maximum atomic E-state index is 8.67. The summed E-state index contributed by atoms with van der Waals surface area (Å²) in [5.41, 5.74) is 0. The molecule has 0 aromatic heterocycles. The van der Waals surface area contributed by atoms with Gasteiger partial charge in [0, 0.05) is 0 Å². The number of hydrogen-bond donors (Lipinski definition) is 3. The maximum absolute atomic E-state index is 8.67. The molecule has 0 saturated heterocycles. The van der Waals surface area contributed by atoms with Crippen LogP contribution in [-0.4, -0.2) is 4.03 Å². The predicted molar refractivity (Wildman–Crippen MR) is 16.9 cm³/mol. The van der Waals surface area contributed by atoms with Gasteiger partial charge in [-0.3, -0.25) is 0 Å². The van der Waals surface area contributed by atoms with Crippen molar-refractivity contribution in [1.29, 1.82) is 0 Å². The van der Waals surface area contributed by atoms with Gasteiger partial charge in [0.25, 0.3) is 0 Å². The molecule has 0 aromatic rings. The van der Waals surface area contributed by atoms with Crippen LogP contribution in [0.1, 0.15) is 0 Å². The van der Waals surface area contributed by atoms with Gasteiger partial charge >= 0.3 is 57.8 Å². The Hall–Kier alpha value is 0.273. The third-order valence-corrected chi connectivity index (χ3v) is 0. The van der Waals surface area contributed by atoms with Crippen molar-refractivity contribution in [2.75, 3.05) is 0 Å². The van der Waals surface area contributed by atoms with Crippen LogP contribution in [0.3, 0.4) is 0 Å². The zero-order chi connectivity index (χ0) is 8.08. The molecule has 0 atom stereocenters. The van der Waals surface area contributed by atoms with Gasteiger partial charge in [-0.1, -0.05) is 0 Å². The second kappa shape index (κ2) is 10.3. The molecule has 11 heavy (non-hydrogen) atoms. The molecule has 0 aliphatic heterocycles. The minimum absolute atomic E-state index is 0. The van der Waals surface area contributed by atoms with Crippen LogP contribution in [0.2, 0.25) is 0 Å². The molecule has 0 heterocycles. The fraction of sp³-hybridized carbons (Fsp3) is 0. The molecule has 0 spiro atoms. The first-order chi connectivity index (χ1) is 3.73. The SMILES string of the molecule is [NH4+].[NH4+].[O]=[Mo](=[O])([O-])[O-].[O]=[V](=[O])[OH]. The zero-order valence-corrected chi connectivity index (χ0v) is 9.16. The summed E-state index contributed by atoms with van der Waals surface area (Å²) < 4.78 is 58.9. The van der Waals surface area contributed by atoms with E-state index in [9.17, 15) is 0 Å². The average molecular weight is 296 g/mol. The van der Waals surface area contributed by atoms with Gasteiger partial charge in [-0.05, 0) is 0 Å². The summed E-state index contributed by atoms with van der Waals surface area (Å²) in [6, 6.07) is 0. The summed E-state index contributed by atoms with van der Waals surface area (Å²) in [4.78, 5) is 0. The molecule has 0 aliphatic rings. The second-order valence-electron chi connectivity index (χ2n) is 0.646. The second-order valence-corrected chi connectivity index (χ2v) is 3.40. The van der Waals surface area contributed by atoms with Crippen molar-refractivity contribution in [3.63, 3.8) is 0 Å². The quantitative estimate of drug-likeness (QED) is 0.403. The van der Waals surface area contributed by atoms with E-state index < -0.39 is 32.1 Å². The van der Waals surface area contributed by atoms with E-state index in [-0.39, 0.29) is 12.3 Å². The van der Waals surface area contributed by atoms with E-state index in [1.807, 2.05) is 0 Å². The first-order valence-electron chi connectivity index (χ1n) is 1.23. The molecule has 0 unspecified atom stereocenters. The average Bonchev–Trinajstić information content (AvgIpc) is 1.19.